The Labute approximate surface area is 77.3 Å². The van der Waals surface area contributed by atoms with E-state index in [0.29, 0.717) is 5.76 Å². The van der Waals surface area contributed by atoms with E-state index in [-0.39, 0.29) is 6.61 Å². The quantitative estimate of drug-likeness (QED) is 0.694. The molecule has 0 radical (unpaired) electrons. The third-order valence-corrected chi connectivity index (χ3v) is 2.24. The molecule has 0 aliphatic carbocycles. The van der Waals surface area contributed by atoms with E-state index in [2.05, 4.69) is 6.58 Å². The van der Waals surface area contributed by atoms with E-state index < -0.39 is 11.5 Å². The molecule has 1 aromatic rings. The van der Waals surface area contributed by atoms with Crippen molar-refractivity contribution in [2.24, 2.45) is 5.41 Å². The zero-order valence-electron chi connectivity index (χ0n) is 7.60. The molecule has 72 valence electrons. The molecule has 2 N–H and O–H groups in total. The standard InChI is InChI=1S/C10H14O3/c1-3-10(2,7-11)9(12)8-5-4-6-13-8/h3-6,9,11-12H,1,7H2,2H3. The lowest BCUT2D eigenvalue weighted by atomic mass is 9.84. The Kier molecular flexibility index (Phi) is 2.90. The molecule has 2 unspecified atom stereocenters. The van der Waals surface area contributed by atoms with Crippen LogP contribution in [0.2, 0.25) is 0 Å². The van der Waals surface area contributed by atoms with Crippen LogP contribution in [0.4, 0.5) is 0 Å². The molecule has 0 saturated heterocycles. The van der Waals surface area contributed by atoms with Gasteiger partial charge in [-0.2, -0.15) is 0 Å². The minimum Gasteiger partial charge on any atom is -0.467 e. The molecule has 3 nitrogen and oxygen atoms in total. The second kappa shape index (κ2) is 3.77. The fraction of sp³-hybridized carbons (Fsp3) is 0.400. The lowest BCUT2D eigenvalue weighted by Gasteiger charge is -2.27. The van der Waals surface area contributed by atoms with E-state index in [1.165, 1.54) is 12.3 Å². The maximum Gasteiger partial charge on any atom is 0.133 e. The number of rotatable bonds is 4. The molecule has 1 aromatic heterocycles. The molecular formula is C10H14O3. The summed E-state index contributed by atoms with van der Waals surface area (Å²) in [6.07, 6.45) is 2.16. The first-order valence-corrected chi connectivity index (χ1v) is 4.10. The van der Waals surface area contributed by atoms with Gasteiger partial charge in [-0.25, -0.2) is 0 Å². The number of aliphatic hydroxyl groups is 2. The number of furan rings is 1. The van der Waals surface area contributed by atoms with Gasteiger partial charge in [0.15, 0.2) is 0 Å². The van der Waals surface area contributed by atoms with Crippen molar-refractivity contribution in [1.82, 2.24) is 0 Å². The first-order valence-electron chi connectivity index (χ1n) is 4.10. The van der Waals surface area contributed by atoms with Crippen molar-refractivity contribution in [2.45, 2.75) is 13.0 Å². The summed E-state index contributed by atoms with van der Waals surface area (Å²) in [4.78, 5) is 0. The molecule has 1 heterocycles. The molecule has 13 heavy (non-hydrogen) atoms. The second-order valence-corrected chi connectivity index (χ2v) is 3.29. The minimum absolute atomic E-state index is 0.168. The van der Waals surface area contributed by atoms with Gasteiger partial charge in [0.25, 0.3) is 0 Å². The van der Waals surface area contributed by atoms with Crippen LogP contribution in [0.3, 0.4) is 0 Å². The first-order chi connectivity index (χ1) is 6.14. The van der Waals surface area contributed by atoms with Crippen LogP contribution in [-0.4, -0.2) is 16.8 Å². The van der Waals surface area contributed by atoms with Gasteiger partial charge in [-0.15, -0.1) is 6.58 Å². The summed E-state index contributed by atoms with van der Waals surface area (Å²) in [5.74, 6) is 0.441. The molecule has 0 fully saturated rings. The zero-order valence-corrected chi connectivity index (χ0v) is 7.60. The second-order valence-electron chi connectivity index (χ2n) is 3.29. The normalized spacial score (nSPS) is 17.8. The number of aliphatic hydroxyl groups excluding tert-OH is 2. The maximum atomic E-state index is 9.80. The van der Waals surface area contributed by atoms with Crippen LogP contribution >= 0.6 is 0 Å². The van der Waals surface area contributed by atoms with Crippen LogP contribution in [0.25, 0.3) is 0 Å². The lowest BCUT2D eigenvalue weighted by molar-refractivity contribution is 0.0127. The highest BCUT2D eigenvalue weighted by molar-refractivity contribution is 5.10. The molecule has 2 atom stereocenters. The number of hydrogen-bond donors (Lipinski definition) is 2. The van der Waals surface area contributed by atoms with Crippen molar-refractivity contribution in [1.29, 1.82) is 0 Å². The molecule has 0 bridgehead atoms. The van der Waals surface area contributed by atoms with Gasteiger partial charge in [-0.05, 0) is 12.1 Å². The molecule has 0 amide bonds. The van der Waals surface area contributed by atoms with Crippen LogP contribution < -0.4 is 0 Å². The highest BCUT2D eigenvalue weighted by Crippen LogP contribution is 2.34. The van der Waals surface area contributed by atoms with Crippen molar-refractivity contribution in [3.8, 4) is 0 Å². The summed E-state index contributed by atoms with van der Waals surface area (Å²) in [6.45, 7) is 5.12. The Morgan fingerprint density at radius 3 is 2.85 bits per heavy atom. The highest BCUT2D eigenvalue weighted by Gasteiger charge is 2.32. The van der Waals surface area contributed by atoms with E-state index in [0.717, 1.165) is 0 Å². The molecule has 1 rings (SSSR count). The summed E-state index contributed by atoms with van der Waals surface area (Å²) in [5, 5.41) is 18.9. The van der Waals surface area contributed by atoms with Gasteiger partial charge in [-0.3, -0.25) is 0 Å². The Morgan fingerprint density at radius 1 is 1.77 bits per heavy atom. The Balaban J connectivity index is 2.88. The largest absolute Gasteiger partial charge is 0.467 e. The van der Waals surface area contributed by atoms with Gasteiger partial charge >= 0.3 is 0 Å². The summed E-state index contributed by atoms with van der Waals surface area (Å²) in [5.41, 5.74) is -0.752. The van der Waals surface area contributed by atoms with Crippen molar-refractivity contribution in [2.75, 3.05) is 6.61 Å². The molecule has 0 aliphatic heterocycles. The van der Waals surface area contributed by atoms with Crippen LogP contribution in [0.5, 0.6) is 0 Å². The van der Waals surface area contributed by atoms with E-state index >= 15 is 0 Å². The molecular weight excluding hydrogens is 168 g/mol. The molecule has 3 heteroatoms. The summed E-state index contributed by atoms with van der Waals surface area (Å²) >= 11 is 0. The van der Waals surface area contributed by atoms with Crippen molar-refractivity contribution in [3.63, 3.8) is 0 Å². The summed E-state index contributed by atoms with van der Waals surface area (Å²) in [6, 6.07) is 3.36. The fourth-order valence-corrected chi connectivity index (χ4v) is 1.03. The average molecular weight is 182 g/mol. The third kappa shape index (κ3) is 1.82. The van der Waals surface area contributed by atoms with Crippen molar-refractivity contribution < 1.29 is 14.6 Å². The SMILES string of the molecule is C=CC(C)(CO)C(O)c1ccco1. The first kappa shape index (κ1) is 10.0. The molecule has 0 aromatic carbocycles. The van der Waals surface area contributed by atoms with Crippen LogP contribution in [-0.2, 0) is 0 Å². The van der Waals surface area contributed by atoms with Gasteiger partial charge in [0.05, 0.1) is 12.9 Å². The predicted octanol–water partition coefficient (Wildman–Crippen LogP) is 1.50. The molecule has 0 saturated carbocycles. The monoisotopic (exact) mass is 182 g/mol. The Bertz CT molecular complexity index is 266. The van der Waals surface area contributed by atoms with Crippen molar-refractivity contribution >= 4 is 0 Å². The topological polar surface area (TPSA) is 53.6 Å². The number of hydrogen-bond acceptors (Lipinski definition) is 3. The molecule has 0 spiro atoms. The highest BCUT2D eigenvalue weighted by atomic mass is 16.4. The van der Waals surface area contributed by atoms with E-state index in [1.807, 2.05) is 0 Å². The Hall–Kier alpha value is -1.06. The summed E-state index contributed by atoms with van der Waals surface area (Å²) in [7, 11) is 0. The van der Waals surface area contributed by atoms with Gasteiger partial charge in [-0.1, -0.05) is 13.0 Å². The summed E-state index contributed by atoms with van der Waals surface area (Å²) < 4.78 is 5.04. The van der Waals surface area contributed by atoms with E-state index in [4.69, 9.17) is 9.52 Å². The van der Waals surface area contributed by atoms with Gasteiger partial charge in [0.1, 0.15) is 11.9 Å². The van der Waals surface area contributed by atoms with E-state index in [1.54, 1.807) is 19.1 Å². The third-order valence-electron chi connectivity index (χ3n) is 2.24. The van der Waals surface area contributed by atoms with Crippen LogP contribution in [0.1, 0.15) is 18.8 Å². The maximum absolute atomic E-state index is 9.80. The van der Waals surface area contributed by atoms with Crippen molar-refractivity contribution in [3.05, 3.63) is 36.8 Å². The van der Waals surface area contributed by atoms with Gasteiger partial charge < -0.3 is 14.6 Å². The minimum atomic E-state index is -0.856. The van der Waals surface area contributed by atoms with Crippen LogP contribution in [0, 0.1) is 5.41 Å². The fourth-order valence-electron chi connectivity index (χ4n) is 1.03. The average Bonchev–Trinajstić information content (AvgIpc) is 2.68. The zero-order chi connectivity index (χ0) is 9.90. The Morgan fingerprint density at radius 2 is 2.46 bits per heavy atom. The van der Waals surface area contributed by atoms with E-state index in [9.17, 15) is 5.11 Å². The van der Waals surface area contributed by atoms with Crippen LogP contribution in [0.15, 0.2) is 35.5 Å². The van der Waals surface area contributed by atoms with Gasteiger partial charge in [0.2, 0.25) is 0 Å². The smallest absolute Gasteiger partial charge is 0.133 e. The van der Waals surface area contributed by atoms with Gasteiger partial charge in [0, 0.05) is 5.41 Å². The lowest BCUT2D eigenvalue weighted by Crippen LogP contribution is -2.26. The predicted molar refractivity (Wildman–Crippen MR) is 49.1 cm³/mol. The molecule has 0 aliphatic rings.